The number of carboxylic acid groups (broad SMARTS) is 1. The lowest BCUT2D eigenvalue weighted by Crippen LogP contribution is -2.39. The third-order valence-corrected chi connectivity index (χ3v) is 6.83. The van der Waals surface area contributed by atoms with Gasteiger partial charge in [-0.2, -0.15) is 0 Å². The maximum absolute atomic E-state index is 13.6. The van der Waals surface area contributed by atoms with Crippen molar-refractivity contribution in [2.75, 3.05) is 0 Å². The van der Waals surface area contributed by atoms with Gasteiger partial charge in [0.2, 0.25) is 0 Å². The summed E-state index contributed by atoms with van der Waals surface area (Å²) in [6.07, 6.45) is 4.13. The lowest BCUT2D eigenvalue weighted by atomic mass is 9.97. The Kier molecular flexibility index (Phi) is 7.12. The van der Waals surface area contributed by atoms with Crippen molar-refractivity contribution in [3.05, 3.63) is 44.4 Å². The van der Waals surface area contributed by atoms with Crippen LogP contribution in [0.3, 0.4) is 0 Å². The molecular weight excluding hydrogens is 441 g/mol. The van der Waals surface area contributed by atoms with Crippen LogP contribution in [-0.2, 0) is 4.79 Å². The van der Waals surface area contributed by atoms with E-state index in [2.05, 4.69) is 11.8 Å². The molecular formula is C23H25Cl2NO3S. The lowest BCUT2D eigenvalue weighted by molar-refractivity contribution is -0.131. The van der Waals surface area contributed by atoms with E-state index in [1.165, 1.54) is 17.8 Å². The summed E-state index contributed by atoms with van der Waals surface area (Å²) in [5.74, 6) is 5.11. The molecule has 160 valence electrons. The molecule has 1 amide bonds. The van der Waals surface area contributed by atoms with Crippen molar-refractivity contribution >= 4 is 46.8 Å². The molecule has 3 rings (SSSR count). The van der Waals surface area contributed by atoms with Crippen LogP contribution in [0.2, 0.25) is 10.0 Å². The number of carboxylic acids is 1. The first-order valence-electron chi connectivity index (χ1n) is 10.0. The Bertz CT molecular complexity index is 949. The minimum Gasteiger partial charge on any atom is -0.477 e. The van der Waals surface area contributed by atoms with Gasteiger partial charge in [-0.25, -0.2) is 4.79 Å². The quantitative estimate of drug-likeness (QED) is 0.535. The summed E-state index contributed by atoms with van der Waals surface area (Å²) in [5, 5.41) is 10.4. The fourth-order valence-corrected chi connectivity index (χ4v) is 5.29. The fraction of sp³-hybridized carbons (Fsp3) is 0.478. The number of benzene rings is 1. The lowest BCUT2D eigenvalue weighted by Gasteiger charge is -2.31. The van der Waals surface area contributed by atoms with Crippen molar-refractivity contribution in [1.29, 1.82) is 0 Å². The number of aliphatic carboxylic acids is 1. The molecule has 1 aromatic carbocycles. The Morgan fingerprint density at radius 2 is 1.87 bits per heavy atom. The molecule has 1 atom stereocenters. The first-order valence-corrected chi connectivity index (χ1v) is 11.6. The standard InChI is InChI=1S/C23H25Cl2NO3S/c1-23(2,3)11-10-16-13-19(20(30-16)22(28)29)26(15-6-4-5-7-15)21(27)17-9-8-14(24)12-18(17)25/h8-9,12,15-16H,4-7,13H2,1-3H3,(H,28,29). The molecule has 7 heteroatoms. The van der Waals surface area contributed by atoms with Crippen molar-refractivity contribution < 1.29 is 14.7 Å². The SMILES string of the molecule is CC(C)(C)C#CC1CC(N(C(=O)c2ccc(Cl)cc2Cl)C2CCCC2)=C(C(=O)O)S1. The van der Waals surface area contributed by atoms with Crippen LogP contribution in [-0.4, -0.2) is 33.2 Å². The predicted molar refractivity (Wildman–Crippen MR) is 123 cm³/mol. The maximum Gasteiger partial charge on any atom is 0.344 e. The summed E-state index contributed by atoms with van der Waals surface area (Å²) in [5.41, 5.74) is 0.702. The third-order valence-electron chi connectivity index (χ3n) is 5.06. The Labute approximate surface area is 192 Å². The molecule has 0 saturated heterocycles. The van der Waals surface area contributed by atoms with Crippen molar-refractivity contribution in [1.82, 2.24) is 4.90 Å². The summed E-state index contributed by atoms with van der Waals surface area (Å²) in [6, 6.07) is 4.73. The average molecular weight is 466 g/mol. The van der Waals surface area contributed by atoms with E-state index in [4.69, 9.17) is 23.2 Å². The largest absolute Gasteiger partial charge is 0.477 e. The van der Waals surface area contributed by atoms with E-state index in [1.54, 1.807) is 17.0 Å². The van der Waals surface area contributed by atoms with E-state index < -0.39 is 5.97 Å². The third kappa shape index (κ3) is 5.35. The number of nitrogens with zero attached hydrogens (tertiary/aromatic N) is 1. The summed E-state index contributed by atoms with van der Waals surface area (Å²) < 4.78 is 0. The van der Waals surface area contributed by atoms with E-state index in [0.29, 0.717) is 22.7 Å². The van der Waals surface area contributed by atoms with Gasteiger partial charge in [-0.3, -0.25) is 4.79 Å². The van der Waals surface area contributed by atoms with E-state index in [-0.39, 0.29) is 32.5 Å². The number of thioether (sulfide) groups is 1. The average Bonchev–Trinajstić information content (AvgIpc) is 3.30. The van der Waals surface area contributed by atoms with E-state index in [0.717, 1.165) is 25.7 Å². The molecule has 2 aliphatic rings. The maximum atomic E-state index is 13.6. The number of allylic oxidation sites excluding steroid dienone is 1. The minimum atomic E-state index is -1.02. The van der Waals surface area contributed by atoms with Gasteiger partial charge >= 0.3 is 5.97 Å². The second-order valence-electron chi connectivity index (χ2n) is 8.65. The summed E-state index contributed by atoms with van der Waals surface area (Å²) in [6.45, 7) is 6.05. The van der Waals surface area contributed by atoms with Crippen LogP contribution in [0.4, 0.5) is 0 Å². The smallest absolute Gasteiger partial charge is 0.344 e. The highest BCUT2D eigenvalue weighted by molar-refractivity contribution is 8.05. The van der Waals surface area contributed by atoms with Crippen molar-refractivity contribution in [3.8, 4) is 11.8 Å². The molecule has 0 spiro atoms. The van der Waals surface area contributed by atoms with Gasteiger partial charge in [-0.15, -0.1) is 0 Å². The number of rotatable bonds is 4. The zero-order valence-corrected chi connectivity index (χ0v) is 19.6. The summed E-state index contributed by atoms with van der Waals surface area (Å²) in [4.78, 5) is 27.5. The van der Waals surface area contributed by atoms with Crippen molar-refractivity contribution in [2.24, 2.45) is 5.41 Å². The Balaban J connectivity index is 2.01. The molecule has 0 radical (unpaired) electrons. The highest BCUT2D eigenvalue weighted by Crippen LogP contribution is 2.43. The molecule has 30 heavy (non-hydrogen) atoms. The number of carbonyl (C=O) groups excluding carboxylic acids is 1. The zero-order chi connectivity index (χ0) is 22.1. The Morgan fingerprint density at radius 3 is 2.43 bits per heavy atom. The predicted octanol–water partition coefficient (Wildman–Crippen LogP) is 6.23. The topological polar surface area (TPSA) is 57.6 Å². The molecule has 1 unspecified atom stereocenters. The van der Waals surface area contributed by atoms with Gasteiger partial charge in [0.15, 0.2) is 0 Å². The summed E-state index contributed by atoms with van der Waals surface area (Å²) >= 11 is 13.5. The molecule has 1 N–H and O–H groups in total. The van der Waals surface area contributed by atoms with E-state index in [9.17, 15) is 14.7 Å². The van der Waals surface area contributed by atoms with Gasteiger partial charge < -0.3 is 10.0 Å². The molecule has 0 aromatic heterocycles. The molecule has 1 heterocycles. The number of amides is 1. The second-order valence-corrected chi connectivity index (χ2v) is 10.7. The minimum absolute atomic E-state index is 0.0384. The van der Waals surface area contributed by atoms with Crippen LogP contribution in [0.1, 0.15) is 63.2 Å². The van der Waals surface area contributed by atoms with Gasteiger partial charge in [-0.05, 0) is 51.8 Å². The monoisotopic (exact) mass is 465 g/mol. The van der Waals surface area contributed by atoms with Crippen LogP contribution in [0.25, 0.3) is 0 Å². The summed E-state index contributed by atoms with van der Waals surface area (Å²) in [7, 11) is 0. The molecule has 1 aromatic rings. The highest BCUT2D eigenvalue weighted by atomic mass is 35.5. The van der Waals surface area contributed by atoms with Crippen LogP contribution in [0.15, 0.2) is 28.8 Å². The van der Waals surface area contributed by atoms with Crippen LogP contribution >= 0.6 is 35.0 Å². The molecule has 0 bridgehead atoms. The van der Waals surface area contributed by atoms with Gasteiger partial charge in [0.05, 0.1) is 15.8 Å². The zero-order valence-electron chi connectivity index (χ0n) is 17.3. The van der Waals surface area contributed by atoms with Crippen molar-refractivity contribution in [2.45, 2.75) is 64.2 Å². The molecule has 1 fully saturated rings. The van der Waals surface area contributed by atoms with Gasteiger partial charge in [0.1, 0.15) is 4.91 Å². The first-order chi connectivity index (χ1) is 14.1. The molecule has 1 aliphatic heterocycles. The Hall–Kier alpha value is -1.61. The van der Waals surface area contributed by atoms with E-state index >= 15 is 0 Å². The van der Waals surface area contributed by atoms with Crippen LogP contribution < -0.4 is 0 Å². The number of hydrogen-bond acceptors (Lipinski definition) is 3. The molecule has 1 saturated carbocycles. The first kappa shape index (κ1) is 23.1. The Morgan fingerprint density at radius 1 is 1.20 bits per heavy atom. The number of halogens is 2. The van der Waals surface area contributed by atoms with Crippen molar-refractivity contribution in [3.63, 3.8) is 0 Å². The van der Waals surface area contributed by atoms with E-state index in [1.807, 2.05) is 20.8 Å². The molecule has 1 aliphatic carbocycles. The van der Waals surface area contributed by atoms with Gasteiger partial charge in [0, 0.05) is 28.6 Å². The highest BCUT2D eigenvalue weighted by Gasteiger charge is 2.39. The normalized spacial score (nSPS) is 19.6. The number of hydrogen-bond donors (Lipinski definition) is 1. The van der Waals surface area contributed by atoms with Gasteiger partial charge in [-0.1, -0.05) is 59.6 Å². The number of carbonyl (C=O) groups is 2. The molecule has 4 nitrogen and oxygen atoms in total. The van der Waals surface area contributed by atoms with Crippen LogP contribution in [0, 0.1) is 17.3 Å². The second kappa shape index (κ2) is 9.26. The van der Waals surface area contributed by atoms with Crippen LogP contribution in [0.5, 0.6) is 0 Å². The fourth-order valence-electron chi connectivity index (χ4n) is 3.74. The van der Waals surface area contributed by atoms with Gasteiger partial charge in [0.25, 0.3) is 5.91 Å².